The molecule has 134 valence electrons. The summed E-state index contributed by atoms with van der Waals surface area (Å²) >= 11 is 0. The Morgan fingerprint density at radius 1 is 1.12 bits per heavy atom. The van der Waals surface area contributed by atoms with E-state index in [2.05, 4.69) is 28.1 Å². The molecule has 5 heteroatoms. The third kappa shape index (κ3) is 3.63. The van der Waals surface area contributed by atoms with Crippen molar-refractivity contribution in [3.8, 4) is 11.4 Å². The molecule has 1 aliphatic rings. The largest absolute Gasteiger partial charge is 0.508 e. The van der Waals surface area contributed by atoms with Crippen molar-refractivity contribution < 1.29 is 5.11 Å². The van der Waals surface area contributed by atoms with Gasteiger partial charge in [0.15, 0.2) is 0 Å². The van der Waals surface area contributed by atoms with Gasteiger partial charge >= 0.3 is 0 Å². The highest BCUT2D eigenvalue weighted by Gasteiger charge is 2.24. The van der Waals surface area contributed by atoms with Gasteiger partial charge in [-0.3, -0.25) is 9.88 Å². The van der Waals surface area contributed by atoms with Gasteiger partial charge in [-0.2, -0.15) is 5.10 Å². The highest BCUT2D eigenvalue weighted by atomic mass is 16.3. The van der Waals surface area contributed by atoms with E-state index in [-0.39, 0.29) is 0 Å². The van der Waals surface area contributed by atoms with Gasteiger partial charge in [-0.25, -0.2) is 4.68 Å². The molecular weight excluding hydrogens is 324 g/mol. The van der Waals surface area contributed by atoms with Crippen LogP contribution >= 0.6 is 0 Å². The van der Waals surface area contributed by atoms with Crippen molar-refractivity contribution in [3.63, 3.8) is 0 Å². The third-order valence-electron chi connectivity index (χ3n) is 5.19. The monoisotopic (exact) mass is 348 g/mol. The maximum absolute atomic E-state index is 9.99. The lowest BCUT2D eigenvalue weighted by molar-refractivity contribution is 0.315. The fourth-order valence-corrected chi connectivity index (χ4v) is 3.74. The number of phenolic OH excluding ortho intramolecular Hbond substituents is 1. The van der Waals surface area contributed by atoms with Gasteiger partial charge in [-0.1, -0.05) is 18.2 Å². The molecule has 1 unspecified atom stereocenters. The first-order chi connectivity index (χ1) is 12.7. The van der Waals surface area contributed by atoms with Gasteiger partial charge in [-0.15, -0.1) is 0 Å². The van der Waals surface area contributed by atoms with E-state index in [0.29, 0.717) is 11.7 Å². The highest BCUT2D eigenvalue weighted by Crippen LogP contribution is 2.26. The lowest BCUT2D eigenvalue weighted by atomic mass is 9.98. The maximum Gasteiger partial charge on any atom is 0.118 e. The van der Waals surface area contributed by atoms with E-state index in [9.17, 15) is 5.11 Å². The van der Waals surface area contributed by atoms with Crippen molar-refractivity contribution in [1.82, 2.24) is 19.7 Å². The molecule has 2 aromatic heterocycles. The topological polar surface area (TPSA) is 54.2 Å². The second-order valence-electron chi connectivity index (χ2n) is 7.11. The van der Waals surface area contributed by atoms with Crippen LogP contribution < -0.4 is 0 Å². The fourth-order valence-electron chi connectivity index (χ4n) is 3.74. The molecule has 1 fully saturated rings. The molecule has 0 saturated carbocycles. The molecule has 3 heterocycles. The summed E-state index contributed by atoms with van der Waals surface area (Å²) in [6.07, 6.45) is 7.82. The fraction of sp³-hybridized carbons (Fsp3) is 0.333. The Kier molecular flexibility index (Phi) is 4.71. The first-order valence-corrected chi connectivity index (χ1v) is 9.14. The number of hydrogen-bond donors (Lipinski definition) is 1. The van der Waals surface area contributed by atoms with Gasteiger partial charge in [0.1, 0.15) is 5.75 Å². The molecule has 1 N–H and O–H groups in total. The zero-order valence-corrected chi connectivity index (χ0v) is 15.0. The van der Waals surface area contributed by atoms with Crippen LogP contribution in [-0.4, -0.2) is 37.9 Å². The van der Waals surface area contributed by atoms with Crippen molar-refractivity contribution in [2.45, 2.75) is 26.3 Å². The molecule has 1 aromatic carbocycles. The minimum absolute atomic E-state index is 0.417. The van der Waals surface area contributed by atoms with Crippen LogP contribution in [0.5, 0.6) is 5.75 Å². The molecule has 1 aliphatic heterocycles. The Labute approximate surface area is 153 Å². The SMILES string of the molecule is Cc1nn(-c2ccncc2)cc1CN1CCC(Cc2ccccc2O)C1. The number of phenols is 1. The molecule has 1 saturated heterocycles. The smallest absolute Gasteiger partial charge is 0.118 e. The van der Waals surface area contributed by atoms with Crippen LogP contribution in [0, 0.1) is 12.8 Å². The Bertz CT molecular complexity index is 875. The number of pyridine rings is 1. The van der Waals surface area contributed by atoms with Crippen LogP contribution in [0.2, 0.25) is 0 Å². The standard InChI is InChI=1S/C21H24N4O/c1-16-19(15-25(23-16)20-6-9-22-10-7-20)14-24-11-8-17(13-24)12-18-4-2-3-5-21(18)26/h2-7,9-10,15,17,26H,8,11-14H2,1H3. The summed E-state index contributed by atoms with van der Waals surface area (Å²) in [5.41, 5.74) is 4.44. The van der Waals surface area contributed by atoms with E-state index in [1.54, 1.807) is 18.5 Å². The van der Waals surface area contributed by atoms with Crippen LogP contribution in [-0.2, 0) is 13.0 Å². The predicted molar refractivity (Wildman–Crippen MR) is 101 cm³/mol. The maximum atomic E-state index is 9.99. The Balaban J connectivity index is 1.40. The van der Waals surface area contributed by atoms with Crippen LogP contribution in [0.15, 0.2) is 55.0 Å². The summed E-state index contributed by atoms with van der Waals surface area (Å²) in [6, 6.07) is 11.6. The summed E-state index contributed by atoms with van der Waals surface area (Å²) in [4.78, 5) is 6.56. The average molecular weight is 348 g/mol. The van der Waals surface area contributed by atoms with Crippen molar-refractivity contribution >= 4 is 0 Å². The number of hydrogen-bond acceptors (Lipinski definition) is 4. The molecule has 0 radical (unpaired) electrons. The second kappa shape index (κ2) is 7.30. The Morgan fingerprint density at radius 2 is 1.92 bits per heavy atom. The lowest BCUT2D eigenvalue weighted by Gasteiger charge is -2.16. The molecule has 0 aliphatic carbocycles. The molecular formula is C21H24N4O. The summed E-state index contributed by atoms with van der Waals surface area (Å²) in [5.74, 6) is 1.01. The zero-order valence-electron chi connectivity index (χ0n) is 15.0. The first kappa shape index (κ1) is 16.8. The van der Waals surface area contributed by atoms with Gasteiger partial charge in [0.2, 0.25) is 0 Å². The number of aromatic hydroxyl groups is 1. The van der Waals surface area contributed by atoms with E-state index >= 15 is 0 Å². The number of aryl methyl sites for hydroxylation is 1. The quantitative estimate of drug-likeness (QED) is 0.768. The van der Waals surface area contributed by atoms with Crippen LogP contribution in [0.25, 0.3) is 5.69 Å². The van der Waals surface area contributed by atoms with Crippen molar-refractivity contribution in [1.29, 1.82) is 0 Å². The third-order valence-corrected chi connectivity index (χ3v) is 5.19. The van der Waals surface area contributed by atoms with Gasteiger partial charge < -0.3 is 5.11 Å². The minimum atomic E-state index is 0.417. The van der Waals surface area contributed by atoms with E-state index in [1.165, 1.54) is 12.0 Å². The number of benzene rings is 1. The van der Waals surface area contributed by atoms with Crippen LogP contribution in [0.3, 0.4) is 0 Å². The van der Waals surface area contributed by atoms with E-state index in [1.807, 2.05) is 35.0 Å². The van der Waals surface area contributed by atoms with Crippen molar-refractivity contribution in [3.05, 3.63) is 71.8 Å². The molecule has 0 bridgehead atoms. The average Bonchev–Trinajstić information content (AvgIpc) is 3.25. The summed E-state index contributed by atoms with van der Waals surface area (Å²) in [5, 5.41) is 14.6. The number of rotatable bonds is 5. The van der Waals surface area contributed by atoms with Crippen molar-refractivity contribution in [2.75, 3.05) is 13.1 Å². The van der Waals surface area contributed by atoms with Gasteiger partial charge in [0, 0.05) is 37.2 Å². The number of aromatic nitrogens is 3. The number of para-hydroxylation sites is 1. The summed E-state index contributed by atoms with van der Waals surface area (Å²) < 4.78 is 1.93. The lowest BCUT2D eigenvalue weighted by Crippen LogP contribution is -2.20. The minimum Gasteiger partial charge on any atom is -0.508 e. The molecule has 1 atom stereocenters. The highest BCUT2D eigenvalue weighted by molar-refractivity contribution is 5.32. The van der Waals surface area contributed by atoms with E-state index < -0.39 is 0 Å². The van der Waals surface area contributed by atoms with Gasteiger partial charge in [0.05, 0.1) is 11.4 Å². The zero-order chi connectivity index (χ0) is 17.9. The molecule has 26 heavy (non-hydrogen) atoms. The molecule has 5 nitrogen and oxygen atoms in total. The summed E-state index contributed by atoms with van der Waals surface area (Å²) in [6.45, 7) is 5.16. The van der Waals surface area contributed by atoms with Gasteiger partial charge in [-0.05, 0) is 56.0 Å². The van der Waals surface area contributed by atoms with E-state index in [4.69, 9.17) is 0 Å². The van der Waals surface area contributed by atoms with E-state index in [0.717, 1.165) is 43.0 Å². The Hall–Kier alpha value is -2.66. The predicted octanol–water partition coefficient (Wildman–Crippen LogP) is 3.35. The molecule has 0 amide bonds. The molecule has 3 aromatic rings. The van der Waals surface area contributed by atoms with Gasteiger partial charge in [0.25, 0.3) is 0 Å². The number of nitrogens with zero attached hydrogens (tertiary/aromatic N) is 4. The summed E-state index contributed by atoms with van der Waals surface area (Å²) in [7, 11) is 0. The van der Waals surface area contributed by atoms with Crippen molar-refractivity contribution in [2.24, 2.45) is 5.92 Å². The molecule has 4 rings (SSSR count). The molecule has 0 spiro atoms. The Morgan fingerprint density at radius 3 is 2.73 bits per heavy atom. The van der Waals surface area contributed by atoms with Crippen LogP contribution in [0.1, 0.15) is 23.2 Å². The normalized spacial score (nSPS) is 17.7. The second-order valence-corrected chi connectivity index (χ2v) is 7.11. The van der Waals surface area contributed by atoms with Crippen LogP contribution in [0.4, 0.5) is 0 Å². The first-order valence-electron chi connectivity index (χ1n) is 9.14. The number of likely N-dealkylation sites (tertiary alicyclic amines) is 1.